The number of carbonyl (C=O) groups is 2. The van der Waals surface area contributed by atoms with Crippen LogP contribution in [0, 0.1) is 0 Å². The van der Waals surface area contributed by atoms with Crippen LogP contribution in [0.1, 0.15) is 47.6 Å². The number of hydrogen-bond acceptors (Lipinski definition) is 5. The highest BCUT2D eigenvalue weighted by Gasteiger charge is 2.37. The summed E-state index contributed by atoms with van der Waals surface area (Å²) in [7, 11) is 0. The van der Waals surface area contributed by atoms with Crippen LogP contribution in [0.4, 0.5) is 11.4 Å². The molecule has 4 aliphatic rings. The lowest BCUT2D eigenvalue weighted by atomic mass is 10.0. The van der Waals surface area contributed by atoms with E-state index in [-0.39, 0.29) is 23.9 Å². The molecule has 0 spiro atoms. The Labute approximate surface area is 180 Å². The van der Waals surface area contributed by atoms with Crippen molar-refractivity contribution in [3.63, 3.8) is 0 Å². The number of ether oxygens (including phenoxy) is 2. The van der Waals surface area contributed by atoms with Crippen LogP contribution >= 0.6 is 0 Å². The van der Waals surface area contributed by atoms with Crippen LogP contribution in [-0.4, -0.2) is 49.1 Å². The summed E-state index contributed by atoms with van der Waals surface area (Å²) in [5.74, 6) is 1.54. The van der Waals surface area contributed by atoms with E-state index >= 15 is 0 Å². The van der Waals surface area contributed by atoms with Crippen molar-refractivity contribution < 1.29 is 19.1 Å². The third-order valence-corrected chi connectivity index (χ3v) is 6.83. The summed E-state index contributed by atoms with van der Waals surface area (Å²) in [5.41, 5.74) is 3.44. The average molecular weight is 419 g/mol. The van der Waals surface area contributed by atoms with Gasteiger partial charge in [0.25, 0.3) is 5.91 Å². The van der Waals surface area contributed by atoms with Gasteiger partial charge in [0, 0.05) is 18.7 Å². The van der Waals surface area contributed by atoms with E-state index in [4.69, 9.17) is 9.47 Å². The van der Waals surface area contributed by atoms with Crippen LogP contribution in [0.2, 0.25) is 0 Å². The van der Waals surface area contributed by atoms with Crippen molar-refractivity contribution >= 4 is 23.2 Å². The lowest BCUT2D eigenvalue weighted by Gasteiger charge is -2.33. The number of rotatable bonds is 2. The van der Waals surface area contributed by atoms with Crippen molar-refractivity contribution in [1.82, 2.24) is 4.90 Å². The molecular formula is C24H25N3O4. The lowest BCUT2D eigenvalue weighted by Crippen LogP contribution is -2.44. The standard InChI is InChI=1S/C24H25N3O4/c28-23-20-4-2-9-26(20)19-7-5-16(13-17(19)25-23)24(29)27-10-1-3-18(27)15-6-8-21-22(14-15)31-12-11-30-21/h5-8,13-14,18,20H,1-4,9-12H2,(H,25,28)/t18-,20+/m0/s1. The molecule has 0 bridgehead atoms. The molecule has 0 saturated carbocycles. The molecule has 0 aromatic heterocycles. The first kappa shape index (κ1) is 18.5. The van der Waals surface area contributed by atoms with E-state index in [1.807, 2.05) is 41.3 Å². The molecule has 31 heavy (non-hydrogen) atoms. The maximum absolute atomic E-state index is 13.5. The minimum Gasteiger partial charge on any atom is -0.486 e. The van der Waals surface area contributed by atoms with E-state index in [0.717, 1.165) is 67.2 Å². The number of nitrogens with zero attached hydrogens (tertiary/aromatic N) is 2. The Morgan fingerprint density at radius 2 is 1.74 bits per heavy atom. The SMILES string of the molecule is O=C1Nc2cc(C(=O)N3CCC[C@H]3c3ccc4c(c3)OCCO4)ccc2N2CCC[C@H]12. The molecule has 1 N–H and O–H groups in total. The molecule has 2 fully saturated rings. The van der Waals surface area contributed by atoms with Gasteiger partial charge in [0.05, 0.1) is 17.4 Å². The van der Waals surface area contributed by atoms with E-state index in [1.165, 1.54) is 0 Å². The quantitative estimate of drug-likeness (QED) is 0.808. The first-order chi connectivity index (χ1) is 15.2. The highest BCUT2D eigenvalue weighted by Crippen LogP contribution is 2.40. The van der Waals surface area contributed by atoms with Crippen molar-refractivity contribution in [2.24, 2.45) is 0 Å². The fraction of sp³-hybridized carbons (Fsp3) is 0.417. The molecule has 2 aromatic carbocycles. The third-order valence-electron chi connectivity index (χ3n) is 6.83. The van der Waals surface area contributed by atoms with Gasteiger partial charge in [-0.2, -0.15) is 0 Å². The smallest absolute Gasteiger partial charge is 0.254 e. The zero-order valence-electron chi connectivity index (χ0n) is 17.3. The van der Waals surface area contributed by atoms with Crippen LogP contribution in [0.3, 0.4) is 0 Å². The Balaban J connectivity index is 1.28. The fourth-order valence-electron chi connectivity index (χ4n) is 5.35. The number of benzene rings is 2. The molecule has 2 amide bonds. The second kappa shape index (κ2) is 7.18. The maximum Gasteiger partial charge on any atom is 0.254 e. The van der Waals surface area contributed by atoms with Gasteiger partial charge in [-0.1, -0.05) is 6.07 Å². The second-order valence-corrected chi connectivity index (χ2v) is 8.63. The molecule has 160 valence electrons. The minimum atomic E-state index is -0.0766. The van der Waals surface area contributed by atoms with Crippen LogP contribution < -0.4 is 19.7 Å². The summed E-state index contributed by atoms with van der Waals surface area (Å²) in [5, 5.41) is 3.01. The highest BCUT2D eigenvalue weighted by atomic mass is 16.6. The number of amides is 2. The summed E-state index contributed by atoms with van der Waals surface area (Å²) < 4.78 is 11.4. The van der Waals surface area contributed by atoms with E-state index in [0.29, 0.717) is 18.8 Å². The molecule has 7 heteroatoms. The Kier molecular flexibility index (Phi) is 4.30. The lowest BCUT2D eigenvalue weighted by molar-refractivity contribution is -0.117. The number of hydrogen-bond donors (Lipinski definition) is 1. The predicted octanol–water partition coefficient (Wildman–Crippen LogP) is 3.36. The van der Waals surface area contributed by atoms with Crippen molar-refractivity contribution in [3.8, 4) is 11.5 Å². The number of fused-ring (bicyclic) bond motifs is 4. The molecule has 0 aliphatic carbocycles. The van der Waals surface area contributed by atoms with Crippen LogP contribution in [-0.2, 0) is 4.79 Å². The van der Waals surface area contributed by atoms with Crippen molar-refractivity contribution in [2.45, 2.75) is 37.8 Å². The number of likely N-dealkylation sites (tertiary alicyclic amines) is 1. The third kappa shape index (κ3) is 3.02. The Morgan fingerprint density at radius 1 is 0.935 bits per heavy atom. The fourth-order valence-corrected chi connectivity index (χ4v) is 5.35. The van der Waals surface area contributed by atoms with Gasteiger partial charge in [0.2, 0.25) is 5.91 Å². The average Bonchev–Trinajstić information content (AvgIpc) is 3.48. The summed E-state index contributed by atoms with van der Waals surface area (Å²) >= 11 is 0. The summed E-state index contributed by atoms with van der Waals surface area (Å²) in [4.78, 5) is 30.0. The summed E-state index contributed by atoms with van der Waals surface area (Å²) in [6, 6.07) is 11.6. The molecule has 6 rings (SSSR count). The monoisotopic (exact) mass is 419 g/mol. The largest absolute Gasteiger partial charge is 0.486 e. The van der Waals surface area contributed by atoms with Gasteiger partial charge in [-0.3, -0.25) is 9.59 Å². The topological polar surface area (TPSA) is 71.1 Å². The molecular weight excluding hydrogens is 394 g/mol. The molecule has 2 aromatic rings. The van der Waals surface area contributed by atoms with Crippen LogP contribution in [0.5, 0.6) is 11.5 Å². The van der Waals surface area contributed by atoms with Crippen molar-refractivity contribution in [3.05, 3.63) is 47.5 Å². The van der Waals surface area contributed by atoms with E-state index < -0.39 is 0 Å². The molecule has 7 nitrogen and oxygen atoms in total. The zero-order valence-corrected chi connectivity index (χ0v) is 17.3. The summed E-state index contributed by atoms with van der Waals surface area (Å²) in [6.07, 6.45) is 3.78. The molecule has 2 atom stereocenters. The second-order valence-electron chi connectivity index (χ2n) is 8.63. The molecule has 0 radical (unpaired) electrons. The molecule has 4 aliphatic heterocycles. The predicted molar refractivity (Wildman–Crippen MR) is 116 cm³/mol. The highest BCUT2D eigenvalue weighted by molar-refractivity contribution is 6.06. The van der Waals surface area contributed by atoms with Gasteiger partial charge >= 0.3 is 0 Å². The van der Waals surface area contributed by atoms with Gasteiger partial charge in [-0.15, -0.1) is 0 Å². The Hall–Kier alpha value is -3.22. The number of carbonyl (C=O) groups excluding carboxylic acids is 2. The maximum atomic E-state index is 13.5. The normalized spacial score (nSPS) is 23.9. The van der Waals surface area contributed by atoms with Gasteiger partial charge < -0.3 is 24.6 Å². The molecule has 0 unspecified atom stereocenters. The number of anilines is 2. The van der Waals surface area contributed by atoms with Gasteiger partial charge in [0.1, 0.15) is 19.3 Å². The molecule has 2 saturated heterocycles. The first-order valence-corrected chi connectivity index (χ1v) is 11.1. The Morgan fingerprint density at radius 3 is 2.65 bits per heavy atom. The first-order valence-electron chi connectivity index (χ1n) is 11.1. The number of nitrogens with one attached hydrogen (secondary N) is 1. The minimum absolute atomic E-state index is 0.00187. The van der Waals surface area contributed by atoms with E-state index in [9.17, 15) is 9.59 Å². The van der Waals surface area contributed by atoms with E-state index in [2.05, 4.69) is 10.2 Å². The molecule has 4 heterocycles. The van der Waals surface area contributed by atoms with Gasteiger partial charge in [-0.25, -0.2) is 0 Å². The summed E-state index contributed by atoms with van der Waals surface area (Å²) in [6.45, 7) is 2.71. The van der Waals surface area contributed by atoms with Gasteiger partial charge in [-0.05, 0) is 61.6 Å². The van der Waals surface area contributed by atoms with E-state index in [1.54, 1.807) is 0 Å². The van der Waals surface area contributed by atoms with Crippen LogP contribution in [0.15, 0.2) is 36.4 Å². The zero-order chi connectivity index (χ0) is 20.9. The van der Waals surface area contributed by atoms with Gasteiger partial charge in [0.15, 0.2) is 11.5 Å². The van der Waals surface area contributed by atoms with Crippen molar-refractivity contribution in [1.29, 1.82) is 0 Å². The van der Waals surface area contributed by atoms with Crippen molar-refractivity contribution in [2.75, 3.05) is 36.5 Å². The van der Waals surface area contributed by atoms with Crippen LogP contribution in [0.25, 0.3) is 0 Å². The Bertz CT molecular complexity index is 1070.